The second-order valence-electron chi connectivity index (χ2n) is 11.1. The van der Waals surface area contributed by atoms with Crippen molar-refractivity contribution < 1.29 is 23.9 Å². The Morgan fingerprint density at radius 2 is 1.70 bits per heavy atom. The van der Waals surface area contributed by atoms with E-state index in [0.29, 0.717) is 30.0 Å². The molecule has 10 heteroatoms. The Labute approximate surface area is 221 Å². The number of anilines is 1. The molecule has 1 saturated heterocycles. The maximum atomic E-state index is 12.3. The minimum atomic E-state index is -0.546. The van der Waals surface area contributed by atoms with E-state index in [0.717, 1.165) is 45.2 Å². The molecule has 1 aliphatic heterocycles. The first-order chi connectivity index (χ1) is 17.7. The molecule has 2 aliphatic rings. The molecule has 3 rings (SSSR count). The SMILES string of the molecule is CC(C)COC(C)ONC(=O)c1cnc(N2CCC(N[C@@H](CC(C)C)C(=[OH+])OC3CCCC3)CC2)nc1. The molecule has 1 unspecified atom stereocenters. The minimum absolute atomic E-state index is 0.144. The predicted molar refractivity (Wildman–Crippen MR) is 143 cm³/mol. The fourth-order valence-electron chi connectivity index (χ4n) is 4.66. The zero-order valence-corrected chi connectivity index (χ0v) is 23.1. The van der Waals surface area contributed by atoms with Crippen LogP contribution in [0.15, 0.2) is 12.4 Å². The normalized spacial score (nSPS) is 18.8. The third-order valence-electron chi connectivity index (χ3n) is 6.69. The molecule has 0 spiro atoms. The van der Waals surface area contributed by atoms with Gasteiger partial charge < -0.3 is 19.2 Å². The van der Waals surface area contributed by atoms with Gasteiger partial charge in [-0.15, -0.1) is 0 Å². The highest BCUT2D eigenvalue weighted by molar-refractivity contribution is 5.92. The van der Waals surface area contributed by atoms with Crippen molar-refractivity contribution >= 4 is 17.8 Å². The van der Waals surface area contributed by atoms with Crippen molar-refractivity contribution in [1.82, 2.24) is 20.8 Å². The highest BCUT2D eigenvalue weighted by atomic mass is 16.8. The standard InChI is InChI=1S/C27H45N5O5/c1-18(2)14-24(26(34)36-23-8-6-7-9-23)30-22-10-12-32(13-11-22)27-28-15-21(16-29-27)25(33)31-37-20(5)35-17-19(3)4/h15-16,18-20,22-24,30H,6-14,17H2,1-5H3,(H,31,33)/p+1/t20?,24-/m0/s1. The Morgan fingerprint density at radius 3 is 2.30 bits per heavy atom. The second-order valence-corrected chi connectivity index (χ2v) is 11.1. The van der Waals surface area contributed by atoms with E-state index in [1.165, 1.54) is 25.2 Å². The molecule has 0 radical (unpaired) electrons. The summed E-state index contributed by atoms with van der Waals surface area (Å²) in [7, 11) is 0. The van der Waals surface area contributed by atoms with E-state index in [1.807, 2.05) is 13.8 Å². The summed E-state index contributed by atoms with van der Waals surface area (Å²) in [5.41, 5.74) is 2.71. The van der Waals surface area contributed by atoms with E-state index < -0.39 is 12.2 Å². The summed E-state index contributed by atoms with van der Waals surface area (Å²) in [4.78, 5) is 39.2. The number of carbonyl (C=O) groups excluding carboxylic acids is 2. The molecule has 3 N–H and O–H groups in total. The van der Waals surface area contributed by atoms with Crippen molar-refractivity contribution in [2.75, 3.05) is 24.6 Å². The van der Waals surface area contributed by atoms with E-state index in [4.69, 9.17) is 14.3 Å². The number of rotatable bonds is 13. The zero-order chi connectivity index (χ0) is 26.8. The Morgan fingerprint density at radius 1 is 1.05 bits per heavy atom. The molecule has 1 saturated carbocycles. The first-order valence-corrected chi connectivity index (χ1v) is 13.8. The number of carbonyl (C=O) groups is 1. The van der Waals surface area contributed by atoms with Crippen LogP contribution in [-0.4, -0.2) is 70.8 Å². The number of nitrogens with zero attached hydrogens (tertiary/aromatic N) is 3. The zero-order valence-electron chi connectivity index (χ0n) is 23.1. The first kappa shape index (κ1) is 29.3. The van der Waals surface area contributed by atoms with Crippen LogP contribution in [-0.2, 0) is 14.3 Å². The number of hydrogen-bond acceptors (Lipinski definition) is 8. The summed E-state index contributed by atoms with van der Waals surface area (Å²) in [6.45, 7) is 12.3. The molecule has 1 aliphatic carbocycles. The van der Waals surface area contributed by atoms with E-state index in [2.05, 4.69) is 39.5 Å². The number of hydrogen-bond donors (Lipinski definition) is 2. The Balaban J connectivity index is 1.44. The van der Waals surface area contributed by atoms with Gasteiger partial charge in [0.1, 0.15) is 0 Å². The molecule has 1 aromatic rings. The summed E-state index contributed by atoms with van der Waals surface area (Å²) >= 11 is 0. The topological polar surface area (TPSA) is 119 Å². The van der Waals surface area contributed by atoms with Crippen LogP contribution in [0.3, 0.4) is 0 Å². The maximum absolute atomic E-state index is 12.3. The van der Waals surface area contributed by atoms with Gasteiger partial charge in [-0.2, -0.15) is 0 Å². The Bertz CT molecular complexity index is 836. The highest BCUT2D eigenvalue weighted by Crippen LogP contribution is 2.23. The summed E-state index contributed by atoms with van der Waals surface area (Å²) in [6, 6.07) is 0.114. The van der Waals surface area contributed by atoms with Crippen LogP contribution in [0.2, 0.25) is 0 Å². The lowest BCUT2D eigenvalue weighted by atomic mass is 9.99. The quantitative estimate of drug-likeness (QED) is 0.175. The van der Waals surface area contributed by atoms with Crippen molar-refractivity contribution in [3.63, 3.8) is 0 Å². The molecule has 10 nitrogen and oxygen atoms in total. The first-order valence-electron chi connectivity index (χ1n) is 13.8. The van der Waals surface area contributed by atoms with Crippen molar-refractivity contribution in [2.45, 2.75) is 104 Å². The molecular formula is C27H46N5O5+. The lowest BCUT2D eigenvalue weighted by Crippen LogP contribution is -2.50. The highest BCUT2D eigenvalue weighted by Gasteiger charge is 2.35. The van der Waals surface area contributed by atoms with Crippen molar-refractivity contribution in [3.8, 4) is 0 Å². The fourth-order valence-corrected chi connectivity index (χ4v) is 4.66. The number of piperidine rings is 1. The lowest BCUT2D eigenvalue weighted by molar-refractivity contribution is -0.163. The van der Waals surface area contributed by atoms with Crippen molar-refractivity contribution in [3.05, 3.63) is 18.0 Å². The van der Waals surface area contributed by atoms with Crippen LogP contribution in [0.1, 0.15) is 89.9 Å². The number of nitrogens with one attached hydrogen (secondary N) is 2. The summed E-state index contributed by atoms with van der Waals surface area (Å²) in [5.74, 6) is 1.15. The fraction of sp³-hybridized carbons (Fsp3) is 0.778. The molecule has 0 bridgehead atoms. The van der Waals surface area contributed by atoms with Crippen LogP contribution >= 0.6 is 0 Å². The lowest BCUT2D eigenvalue weighted by Gasteiger charge is -2.33. The van der Waals surface area contributed by atoms with Gasteiger partial charge in [-0.05, 0) is 50.9 Å². The monoisotopic (exact) mass is 520 g/mol. The Hall–Kier alpha value is -2.30. The predicted octanol–water partition coefficient (Wildman–Crippen LogP) is 3.59. The summed E-state index contributed by atoms with van der Waals surface area (Å²) < 4.78 is 11.4. The molecule has 2 fully saturated rings. The summed E-state index contributed by atoms with van der Waals surface area (Å²) in [5, 5.41) is 3.64. The number of ether oxygens (including phenoxy) is 2. The molecule has 1 amide bonds. The van der Waals surface area contributed by atoms with Gasteiger partial charge >= 0.3 is 5.97 Å². The smallest absolute Gasteiger partial charge is 0.350 e. The average molecular weight is 521 g/mol. The van der Waals surface area contributed by atoms with E-state index >= 15 is 0 Å². The van der Waals surface area contributed by atoms with Gasteiger partial charge in [-0.3, -0.25) is 10.1 Å². The minimum Gasteiger partial charge on any atom is -0.350 e. The number of esters is 1. The van der Waals surface area contributed by atoms with Gasteiger partial charge in [-0.1, -0.05) is 27.7 Å². The van der Waals surface area contributed by atoms with Crippen LogP contribution in [0, 0.1) is 11.8 Å². The van der Waals surface area contributed by atoms with E-state index in [-0.39, 0.29) is 24.2 Å². The molecule has 0 aromatic carbocycles. The third-order valence-corrected chi connectivity index (χ3v) is 6.69. The number of amides is 1. The van der Waals surface area contributed by atoms with Gasteiger partial charge in [-0.25, -0.2) is 20.3 Å². The van der Waals surface area contributed by atoms with Gasteiger partial charge in [0, 0.05) is 44.4 Å². The van der Waals surface area contributed by atoms with Crippen LogP contribution < -0.4 is 15.7 Å². The van der Waals surface area contributed by atoms with Gasteiger partial charge in [0.15, 0.2) is 18.4 Å². The van der Waals surface area contributed by atoms with E-state index in [9.17, 15) is 9.59 Å². The van der Waals surface area contributed by atoms with Crippen LogP contribution in [0.4, 0.5) is 5.95 Å². The van der Waals surface area contributed by atoms with Gasteiger partial charge in [0.2, 0.25) is 5.95 Å². The van der Waals surface area contributed by atoms with Gasteiger partial charge in [0.25, 0.3) is 5.91 Å². The average Bonchev–Trinajstić information content (AvgIpc) is 3.39. The van der Waals surface area contributed by atoms with Crippen LogP contribution in [0.25, 0.3) is 0 Å². The maximum Gasteiger partial charge on any atom is 0.500 e. The number of hydroxylamine groups is 1. The van der Waals surface area contributed by atoms with E-state index in [1.54, 1.807) is 6.92 Å². The molecule has 37 heavy (non-hydrogen) atoms. The molecule has 208 valence electrons. The van der Waals surface area contributed by atoms with Crippen molar-refractivity contribution in [1.29, 1.82) is 0 Å². The largest absolute Gasteiger partial charge is 0.500 e. The molecule has 2 heterocycles. The Kier molecular flexibility index (Phi) is 11.5. The van der Waals surface area contributed by atoms with Crippen LogP contribution in [0.5, 0.6) is 0 Å². The van der Waals surface area contributed by atoms with Crippen molar-refractivity contribution in [2.24, 2.45) is 11.8 Å². The molecule has 1 aromatic heterocycles. The molecule has 2 atom stereocenters. The third kappa shape index (κ3) is 9.83. The second kappa shape index (κ2) is 14.6. The summed E-state index contributed by atoms with van der Waals surface area (Å²) in [6.07, 6.45) is 9.65. The van der Waals surface area contributed by atoms with Gasteiger partial charge in [0.05, 0.1) is 12.2 Å². The number of aromatic nitrogens is 2. The molecular weight excluding hydrogens is 474 g/mol.